The molecule has 102 valence electrons. The Balaban J connectivity index is 2.20. The van der Waals surface area contributed by atoms with Gasteiger partial charge in [0.1, 0.15) is 11.6 Å². The lowest BCUT2D eigenvalue weighted by molar-refractivity contribution is 0.222. The molecule has 0 amide bonds. The highest BCUT2D eigenvalue weighted by Crippen LogP contribution is 2.17. The van der Waals surface area contributed by atoms with E-state index < -0.39 is 0 Å². The molecule has 3 N–H and O–H groups in total. The smallest absolute Gasteiger partial charge is 0.145 e. The van der Waals surface area contributed by atoms with Gasteiger partial charge < -0.3 is 10.8 Å². The molecule has 0 aliphatic rings. The van der Waals surface area contributed by atoms with Gasteiger partial charge in [0, 0.05) is 18.5 Å². The predicted octanol–water partition coefficient (Wildman–Crippen LogP) is 1.42. The van der Waals surface area contributed by atoms with E-state index in [1.54, 1.807) is 0 Å². The van der Waals surface area contributed by atoms with Gasteiger partial charge in [-0.2, -0.15) is 0 Å². The summed E-state index contributed by atoms with van der Waals surface area (Å²) >= 11 is 0. The van der Waals surface area contributed by atoms with Crippen LogP contribution in [0.4, 0.5) is 5.82 Å². The van der Waals surface area contributed by atoms with E-state index in [0.717, 1.165) is 36.2 Å². The Hall–Kier alpha value is -1.72. The number of nitrogens with two attached hydrogens (primary N) is 1. The molecule has 0 spiro atoms. The summed E-state index contributed by atoms with van der Waals surface area (Å²) in [4.78, 5) is 11.1. The van der Waals surface area contributed by atoms with Gasteiger partial charge in [-0.1, -0.05) is 19.1 Å². The summed E-state index contributed by atoms with van der Waals surface area (Å²) in [6.45, 7) is 4.68. The Morgan fingerprint density at radius 3 is 2.79 bits per heavy atom. The molecule has 1 heterocycles. The molecule has 0 radical (unpaired) electrons. The molecule has 0 saturated heterocycles. The zero-order chi connectivity index (χ0) is 13.7. The fourth-order valence-electron chi connectivity index (χ4n) is 2.07. The van der Waals surface area contributed by atoms with E-state index in [1.165, 1.54) is 0 Å². The average molecular weight is 260 g/mol. The van der Waals surface area contributed by atoms with Crippen LogP contribution in [-0.2, 0) is 6.54 Å². The van der Waals surface area contributed by atoms with Crippen LogP contribution in [0.2, 0.25) is 0 Å². The molecular weight excluding hydrogens is 240 g/mol. The molecule has 0 atom stereocenters. The number of aromatic nitrogens is 2. The van der Waals surface area contributed by atoms with Crippen molar-refractivity contribution >= 4 is 16.7 Å². The van der Waals surface area contributed by atoms with Crippen LogP contribution in [0.5, 0.6) is 0 Å². The van der Waals surface area contributed by atoms with Gasteiger partial charge in [0.2, 0.25) is 0 Å². The lowest BCUT2D eigenvalue weighted by Crippen LogP contribution is -2.26. The minimum atomic E-state index is 0.206. The second-order valence-electron chi connectivity index (χ2n) is 4.49. The van der Waals surface area contributed by atoms with E-state index in [2.05, 4.69) is 21.8 Å². The Morgan fingerprint density at radius 2 is 2.05 bits per heavy atom. The Labute approximate surface area is 113 Å². The van der Waals surface area contributed by atoms with Gasteiger partial charge in [-0.15, -0.1) is 0 Å². The summed E-state index contributed by atoms with van der Waals surface area (Å²) in [5.74, 6) is 1.26. The van der Waals surface area contributed by atoms with Crippen molar-refractivity contribution in [2.24, 2.45) is 0 Å². The third-order valence-electron chi connectivity index (χ3n) is 3.12. The molecule has 0 unspecified atom stereocenters. The Morgan fingerprint density at radius 1 is 1.26 bits per heavy atom. The van der Waals surface area contributed by atoms with Gasteiger partial charge >= 0.3 is 0 Å². The minimum Gasteiger partial charge on any atom is -0.396 e. The second-order valence-corrected chi connectivity index (χ2v) is 4.49. The number of aliphatic hydroxyl groups is 1. The maximum atomic E-state index is 8.88. The molecule has 2 rings (SSSR count). The largest absolute Gasteiger partial charge is 0.396 e. The van der Waals surface area contributed by atoms with Crippen molar-refractivity contribution in [3.05, 3.63) is 30.1 Å². The van der Waals surface area contributed by atoms with Crippen LogP contribution in [0.15, 0.2) is 24.3 Å². The fraction of sp³-hybridized carbons (Fsp3) is 0.429. The minimum absolute atomic E-state index is 0.206. The molecule has 0 saturated carbocycles. The number of benzene rings is 1. The highest BCUT2D eigenvalue weighted by atomic mass is 16.3. The third kappa shape index (κ3) is 3.39. The number of fused-ring (bicyclic) bond motifs is 1. The summed E-state index contributed by atoms with van der Waals surface area (Å²) in [6, 6.07) is 7.75. The zero-order valence-electron chi connectivity index (χ0n) is 11.2. The number of nitrogen functional groups attached to an aromatic ring is 1. The average Bonchev–Trinajstić information content (AvgIpc) is 2.43. The highest BCUT2D eigenvalue weighted by molar-refractivity contribution is 5.87. The van der Waals surface area contributed by atoms with Crippen LogP contribution < -0.4 is 5.73 Å². The third-order valence-corrected chi connectivity index (χ3v) is 3.12. The van der Waals surface area contributed by atoms with Gasteiger partial charge in [0.05, 0.1) is 12.1 Å². The molecule has 0 fully saturated rings. The van der Waals surface area contributed by atoms with Crippen molar-refractivity contribution in [1.29, 1.82) is 0 Å². The van der Waals surface area contributed by atoms with E-state index in [0.29, 0.717) is 12.4 Å². The molecule has 2 aromatic rings. The van der Waals surface area contributed by atoms with Crippen molar-refractivity contribution in [1.82, 2.24) is 14.9 Å². The summed E-state index contributed by atoms with van der Waals surface area (Å²) in [5.41, 5.74) is 6.84. The monoisotopic (exact) mass is 260 g/mol. The Bertz CT molecular complexity index is 544. The fourth-order valence-corrected chi connectivity index (χ4v) is 2.07. The first-order chi connectivity index (χ1) is 9.24. The van der Waals surface area contributed by atoms with Gasteiger partial charge in [0.15, 0.2) is 0 Å². The molecule has 0 aliphatic carbocycles. The Kier molecular flexibility index (Phi) is 4.65. The molecule has 5 heteroatoms. The van der Waals surface area contributed by atoms with Crippen molar-refractivity contribution in [2.75, 3.05) is 25.4 Å². The maximum Gasteiger partial charge on any atom is 0.145 e. The van der Waals surface area contributed by atoms with E-state index in [1.807, 2.05) is 24.3 Å². The molecule has 1 aromatic carbocycles. The standard InChI is InChI=1S/C14H20N4O/c1-2-18(8-5-9-19)10-13-16-12-7-4-3-6-11(12)14(15)17-13/h3-4,6-7,19H,2,5,8-10H2,1H3,(H2,15,16,17). The quantitative estimate of drug-likeness (QED) is 0.821. The molecule has 0 bridgehead atoms. The van der Waals surface area contributed by atoms with Crippen LogP contribution in [0.3, 0.4) is 0 Å². The maximum absolute atomic E-state index is 8.88. The van der Waals surface area contributed by atoms with E-state index >= 15 is 0 Å². The van der Waals surface area contributed by atoms with Gasteiger partial charge in [-0.25, -0.2) is 9.97 Å². The number of nitrogens with zero attached hydrogens (tertiary/aromatic N) is 3. The number of para-hydroxylation sites is 1. The van der Waals surface area contributed by atoms with E-state index in [9.17, 15) is 0 Å². The van der Waals surface area contributed by atoms with E-state index in [-0.39, 0.29) is 6.61 Å². The summed E-state index contributed by atoms with van der Waals surface area (Å²) in [5, 5.41) is 9.78. The first-order valence-corrected chi connectivity index (χ1v) is 6.59. The number of hydrogen-bond donors (Lipinski definition) is 2. The van der Waals surface area contributed by atoms with Crippen molar-refractivity contribution in [3.63, 3.8) is 0 Å². The number of rotatable bonds is 6. The zero-order valence-corrected chi connectivity index (χ0v) is 11.2. The van der Waals surface area contributed by atoms with Crippen LogP contribution >= 0.6 is 0 Å². The highest BCUT2D eigenvalue weighted by Gasteiger charge is 2.08. The predicted molar refractivity (Wildman–Crippen MR) is 76.6 cm³/mol. The van der Waals surface area contributed by atoms with Crippen molar-refractivity contribution in [3.8, 4) is 0 Å². The molecule has 1 aromatic heterocycles. The first-order valence-electron chi connectivity index (χ1n) is 6.59. The van der Waals surface area contributed by atoms with Gasteiger partial charge in [-0.3, -0.25) is 4.90 Å². The normalized spacial score (nSPS) is 11.3. The van der Waals surface area contributed by atoms with Crippen LogP contribution in [0.25, 0.3) is 10.9 Å². The van der Waals surface area contributed by atoms with E-state index in [4.69, 9.17) is 10.8 Å². The number of anilines is 1. The number of hydrogen-bond acceptors (Lipinski definition) is 5. The summed E-state index contributed by atoms with van der Waals surface area (Å²) in [6.07, 6.45) is 0.761. The molecule has 5 nitrogen and oxygen atoms in total. The SMILES string of the molecule is CCN(CCCO)Cc1nc(N)c2ccccc2n1. The van der Waals surface area contributed by atoms with Crippen LogP contribution in [0, 0.1) is 0 Å². The summed E-state index contributed by atoms with van der Waals surface area (Å²) < 4.78 is 0. The first kappa shape index (κ1) is 13.7. The lowest BCUT2D eigenvalue weighted by Gasteiger charge is -2.19. The number of aliphatic hydroxyl groups excluding tert-OH is 1. The summed E-state index contributed by atoms with van der Waals surface area (Å²) in [7, 11) is 0. The van der Waals surface area contributed by atoms with Crippen molar-refractivity contribution in [2.45, 2.75) is 19.9 Å². The van der Waals surface area contributed by atoms with Crippen LogP contribution in [-0.4, -0.2) is 39.7 Å². The lowest BCUT2D eigenvalue weighted by atomic mass is 10.2. The molecule has 19 heavy (non-hydrogen) atoms. The second kappa shape index (κ2) is 6.45. The van der Waals surface area contributed by atoms with Gasteiger partial charge in [-0.05, 0) is 25.1 Å². The molecular formula is C14H20N4O. The van der Waals surface area contributed by atoms with Gasteiger partial charge in [0.25, 0.3) is 0 Å². The van der Waals surface area contributed by atoms with Crippen molar-refractivity contribution < 1.29 is 5.11 Å². The molecule has 0 aliphatic heterocycles. The van der Waals surface area contributed by atoms with Crippen LogP contribution in [0.1, 0.15) is 19.2 Å². The topological polar surface area (TPSA) is 75.3 Å².